The Morgan fingerprint density at radius 1 is 0.960 bits per heavy atom. The minimum atomic E-state index is -3.19. The van der Waals surface area contributed by atoms with Crippen molar-refractivity contribution in [3.8, 4) is 0 Å². The Labute approximate surface area is 151 Å². The highest BCUT2D eigenvalue weighted by Crippen LogP contribution is 2.39. The Bertz CT molecular complexity index is 943. The van der Waals surface area contributed by atoms with Gasteiger partial charge < -0.3 is 0 Å². The van der Waals surface area contributed by atoms with Gasteiger partial charge in [0.15, 0.2) is 9.84 Å². The van der Waals surface area contributed by atoms with Gasteiger partial charge in [-0.15, -0.1) is 0 Å². The van der Waals surface area contributed by atoms with Gasteiger partial charge in [-0.25, -0.2) is 13.2 Å². The SMILES string of the molecule is Cc1ccccc1N1C(=O)N(c2ccc(Cl)cc2)[C@H]2CS(=O)(=O)C[C@@H]21. The van der Waals surface area contributed by atoms with Crippen molar-refractivity contribution in [2.75, 3.05) is 21.3 Å². The highest BCUT2D eigenvalue weighted by Gasteiger charge is 2.54. The highest BCUT2D eigenvalue weighted by atomic mass is 35.5. The first kappa shape index (κ1) is 16.4. The van der Waals surface area contributed by atoms with Crippen molar-refractivity contribution in [3.05, 3.63) is 59.1 Å². The average molecular weight is 377 g/mol. The third kappa shape index (κ3) is 2.69. The molecule has 2 amide bonds. The number of rotatable bonds is 2. The van der Waals surface area contributed by atoms with Crippen molar-refractivity contribution in [2.24, 2.45) is 0 Å². The summed E-state index contributed by atoms with van der Waals surface area (Å²) in [4.78, 5) is 16.4. The summed E-state index contributed by atoms with van der Waals surface area (Å²) in [5, 5.41) is 0.571. The largest absolute Gasteiger partial charge is 0.329 e. The van der Waals surface area contributed by atoms with Gasteiger partial charge in [-0.1, -0.05) is 29.8 Å². The lowest BCUT2D eigenvalue weighted by molar-refractivity contribution is 0.255. The second-order valence-electron chi connectivity index (χ2n) is 6.50. The zero-order chi connectivity index (χ0) is 17.8. The summed E-state index contributed by atoms with van der Waals surface area (Å²) >= 11 is 5.95. The molecule has 2 aromatic carbocycles. The first-order valence-corrected chi connectivity index (χ1v) is 10.2. The van der Waals surface area contributed by atoms with Gasteiger partial charge >= 0.3 is 6.03 Å². The topological polar surface area (TPSA) is 57.7 Å². The van der Waals surface area contributed by atoms with Crippen molar-refractivity contribution < 1.29 is 13.2 Å². The van der Waals surface area contributed by atoms with Gasteiger partial charge in [-0.05, 0) is 42.8 Å². The van der Waals surface area contributed by atoms with Crippen LogP contribution in [0.5, 0.6) is 0 Å². The molecule has 5 nitrogen and oxygen atoms in total. The number of carbonyl (C=O) groups excluding carboxylic acids is 1. The summed E-state index contributed by atoms with van der Waals surface area (Å²) in [7, 11) is -3.19. The molecule has 0 aliphatic carbocycles. The van der Waals surface area contributed by atoms with Gasteiger partial charge in [0.05, 0.1) is 23.6 Å². The number of para-hydroxylation sites is 1. The second-order valence-corrected chi connectivity index (χ2v) is 9.09. The van der Waals surface area contributed by atoms with E-state index >= 15 is 0 Å². The molecule has 0 bridgehead atoms. The average Bonchev–Trinajstić information content (AvgIpc) is 2.99. The second kappa shape index (κ2) is 5.75. The van der Waals surface area contributed by atoms with E-state index in [9.17, 15) is 13.2 Å². The van der Waals surface area contributed by atoms with E-state index < -0.39 is 15.9 Å². The summed E-state index contributed by atoms with van der Waals surface area (Å²) in [6.45, 7) is 1.92. The fourth-order valence-electron chi connectivity index (χ4n) is 3.72. The summed E-state index contributed by atoms with van der Waals surface area (Å²) in [6.07, 6.45) is 0. The van der Waals surface area contributed by atoms with Crippen LogP contribution in [0.3, 0.4) is 0 Å². The lowest BCUT2D eigenvalue weighted by Gasteiger charge is -2.24. The number of hydrogen-bond acceptors (Lipinski definition) is 3. The Balaban J connectivity index is 1.83. The maximum absolute atomic E-state index is 13.2. The minimum absolute atomic E-state index is 0.0121. The Kier molecular flexibility index (Phi) is 3.77. The summed E-state index contributed by atoms with van der Waals surface area (Å²) < 4.78 is 24.5. The van der Waals surface area contributed by atoms with E-state index in [1.807, 2.05) is 31.2 Å². The van der Waals surface area contributed by atoms with Gasteiger partial charge in [0.25, 0.3) is 0 Å². The molecule has 4 rings (SSSR count). The molecule has 2 aliphatic rings. The number of sulfone groups is 1. The highest BCUT2D eigenvalue weighted by molar-refractivity contribution is 7.91. The molecule has 2 atom stereocenters. The van der Waals surface area contributed by atoms with Crippen LogP contribution in [0.1, 0.15) is 5.56 Å². The van der Waals surface area contributed by atoms with E-state index in [-0.39, 0.29) is 23.6 Å². The van der Waals surface area contributed by atoms with Gasteiger partial charge in [-0.3, -0.25) is 9.80 Å². The molecule has 2 saturated heterocycles. The molecule has 0 radical (unpaired) electrons. The molecule has 7 heteroatoms. The van der Waals surface area contributed by atoms with E-state index in [1.165, 1.54) is 0 Å². The fraction of sp³-hybridized carbons (Fsp3) is 0.278. The molecule has 2 fully saturated rings. The molecule has 0 N–H and O–H groups in total. The van der Waals surface area contributed by atoms with Crippen LogP contribution in [0.4, 0.5) is 16.2 Å². The van der Waals surface area contributed by atoms with Crippen LogP contribution in [0.15, 0.2) is 48.5 Å². The van der Waals surface area contributed by atoms with E-state index in [2.05, 4.69) is 0 Å². The van der Waals surface area contributed by atoms with Crippen LogP contribution in [-0.4, -0.2) is 38.0 Å². The standard InChI is InChI=1S/C18H17ClN2O3S/c1-12-4-2-3-5-15(12)21-17-11-25(23,24)10-16(17)20(18(21)22)14-8-6-13(19)7-9-14/h2-9,16-17H,10-11H2,1H3/t16-,17-/m0/s1. The summed E-state index contributed by atoms with van der Waals surface area (Å²) in [6, 6.07) is 13.5. The molecular formula is C18H17ClN2O3S. The Morgan fingerprint density at radius 3 is 2.20 bits per heavy atom. The van der Waals surface area contributed by atoms with Crippen molar-refractivity contribution >= 4 is 38.8 Å². The smallest absolute Gasteiger partial charge is 0.288 e. The number of urea groups is 1. The van der Waals surface area contributed by atoms with Crippen molar-refractivity contribution in [2.45, 2.75) is 19.0 Å². The van der Waals surface area contributed by atoms with Gasteiger partial charge in [-0.2, -0.15) is 0 Å². The molecule has 25 heavy (non-hydrogen) atoms. The molecular weight excluding hydrogens is 360 g/mol. The molecule has 2 aromatic rings. The van der Waals surface area contributed by atoms with Crippen molar-refractivity contribution in [3.63, 3.8) is 0 Å². The maximum Gasteiger partial charge on any atom is 0.329 e. The zero-order valence-corrected chi connectivity index (χ0v) is 15.2. The van der Waals surface area contributed by atoms with Crippen molar-refractivity contribution in [1.82, 2.24) is 0 Å². The van der Waals surface area contributed by atoms with E-state index in [4.69, 9.17) is 11.6 Å². The molecule has 2 heterocycles. The number of hydrogen-bond donors (Lipinski definition) is 0. The van der Waals surface area contributed by atoms with E-state index in [1.54, 1.807) is 34.1 Å². The first-order chi connectivity index (χ1) is 11.9. The van der Waals surface area contributed by atoms with Crippen LogP contribution in [0.2, 0.25) is 5.02 Å². The predicted octanol–water partition coefficient (Wildman–Crippen LogP) is 3.26. The Hall–Kier alpha value is -2.05. The third-order valence-electron chi connectivity index (χ3n) is 4.85. The number of fused-ring (bicyclic) bond motifs is 1. The summed E-state index contributed by atoms with van der Waals surface area (Å²) in [5.74, 6) is -0.0315. The Morgan fingerprint density at radius 2 is 1.56 bits per heavy atom. The molecule has 0 saturated carbocycles. The maximum atomic E-state index is 13.2. The lowest BCUT2D eigenvalue weighted by Crippen LogP contribution is -2.38. The van der Waals surface area contributed by atoms with Gasteiger partial charge in [0, 0.05) is 16.4 Å². The number of amides is 2. The molecule has 0 aromatic heterocycles. The minimum Gasteiger partial charge on any atom is -0.288 e. The number of carbonyl (C=O) groups is 1. The number of benzene rings is 2. The molecule has 130 valence electrons. The number of anilines is 2. The van der Waals surface area contributed by atoms with Gasteiger partial charge in [0.2, 0.25) is 0 Å². The predicted molar refractivity (Wildman–Crippen MR) is 99.2 cm³/mol. The van der Waals surface area contributed by atoms with Crippen molar-refractivity contribution in [1.29, 1.82) is 0 Å². The monoisotopic (exact) mass is 376 g/mol. The van der Waals surface area contributed by atoms with E-state index in [0.29, 0.717) is 10.7 Å². The first-order valence-electron chi connectivity index (χ1n) is 8.01. The van der Waals surface area contributed by atoms with Crippen LogP contribution in [-0.2, 0) is 9.84 Å². The molecule has 2 aliphatic heterocycles. The normalized spacial score (nSPS) is 24.6. The van der Waals surface area contributed by atoms with Crippen LogP contribution in [0, 0.1) is 6.92 Å². The fourth-order valence-corrected chi connectivity index (χ4v) is 5.77. The number of halogens is 1. The summed E-state index contributed by atoms with van der Waals surface area (Å²) in [5.41, 5.74) is 2.37. The van der Waals surface area contributed by atoms with Crippen LogP contribution in [0.25, 0.3) is 0 Å². The lowest BCUT2D eigenvalue weighted by atomic mass is 10.1. The van der Waals surface area contributed by atoms with E-state index in [0.717, 1.165) is 11.3 Å². The number of aryl methyl sites for hydroxylation is 1. The van der Waals surface area contributed by atoms with Crippen LogP contribution < -0.4 is 9.80 Å². The third-order valence-corrected chi connectivity index (χ3v) is 6.80. The molecule has 0 spiro atoms. The van der Waals surface area contributed by atoms with Crippen LogP contribution >= 0.6 is 11.6 Å². The number of nitrogens with zero attached hydrogens (tertiary/aromatic N) is 2. The van der Waals surface area contributed by atoms with Gasteiger partial charge in [0.1, 0.15) is 0 Å². The molecule has 0 unspecified atom stereocenters. The zero-order valence-electron chi connectivity index (χ0n) is 13.6. The quantitative estimate of drug-likeness (QED) is 0.756.